The first kappa shape index (κ1) is 16.9. The van der Waals surface area contributed by atoms with Crippen molar-refractivity contribution in [2.24, 2.45) is 0 Å². The van der Waals surface area contributed by atoms with E-state index < -0.39 is 0 Å². The Labute approximate surface area is 155 Å². The van der Waals surface area contributed by atoms with E-state index in [-0.39, 0.29) is 11.1 Å². The van der Waals surface area contributed by atoms with Crippen LogP contribution in [-0.4, -0.2) is 14.1 Å². The van der Waals surface area contributed by atoms with Gasteiger partial charge in [0.1, 0.15) is 0 Å². The second kappa shape index (κ2) is 5.73. The van der Waals surface area contributed by atoms with Crippen LogP contribution in [0.15, 0.2) is 61.1 Å². The number of hydrogen-bond donors (Lipinski definition) is 0. The van der Waals surface area contributed by atoms with Crippen molar-refractivity contribution in [3.63, 3.8) is 0 Å². The van der Waals surface area contributed by atoms with Gasteiger partial charge >= 0.3 is 0 Å². The molecule has 0 aliphatic rings. The Hall–Kier alpha value is -2.55. The molecule has 0 aliphatic heterocycles. The van der Waals surface area contributed by atoms with E-state index >= 15 is 0 Å². The van der Waals surface area contributed by atoms with Gasteiger partial charge in [0.2, 0.25) is 0 Å². The van der Waals surface area contributed by atoms with Crippen LogP contribution < -0.4 is 0 Å². The van der Waals surface area contributed by atoms with Crippen LogP contribution >= 0.6 is 0 Å². The minimum atomic E-state index is -0.0613. The maximum Gasteiger partial charge on any atom is 0.0963 e. The first-order valence-electron chi connectivity index (χ1n) is 9.29. The van der Waals surface area contributed by atoms with E-state index in [9.17, 15) is 0 Å². The summed E-state index contributed by atoms with van der Waals surface area (Å²) in [6, 6.07) is 17.3. The maximum absolute atomic E-state index is 4.58. The summed E-state index contributed by atoms with van der Waals surface area (Å²) in [5.41, 5.74) is 4.95. The lowest BCUT2D eigenvalue weighted by Gasteiger charge is -2.28. The van der Waals surface area contributed by atoms with Crippen LogP contribution in [0.25, 0.3) is 21.9 Å². The van der Waals surface area contributed by atoms with Crippen molar-refractivity contribution in [2.75, 3.05) is 0 Å². The number of fused-ring (bicyclic) bond motifs is 2. The van der Waals surface area contributed by atoms with Crippen LogP contribution in [0.3, 0.4) is 0 Å². The molecule has 3 heteroatoms. The van der Waals surface area contributed by atoms with Crippen molar-refractivity contribution in [1.82, 2.24) is 14.1 Å². The number of nitrogens with zero attached hydrogens (tertiary/aromatic N) is 3. The number of imidazole rings is 1. The average Bonchev–Trinajstić information content (AvgIpc) is 3.19. The first-order chi connectivity index (χ1) is 12.3. The zero-order valence-electron chi connectivity index (χ0n) is 16.3. The Bertz CT molecular complexity index is 1070. The lowest BCUT2D eigenvalue weighted by atomic mass is 9.92. The Kier molecular flexibility index (Phi) is 3.72. The molecule has 26 heavy (non-hydrogen) atoms. The van der Waals surface area contributed by atoms with Gasteiger partial charge in [0.05, 0.1) is 17.4 Å². The van der Waals surface area contributed by atoms with Gasteiger partial charge in [-0.25, -0.2) is 4.98 Å². The molecule has 3 nitrogen and oxygen atoms in total. The van der Waals surface area contributed by atoms with Crippen molar-refractivity contribution in [1.29, 1.82) is 0 Å². The zero-order chi connectivity index (χ0) is 18.5. The Morgan fingerprint density at radius 2 is 1.54 bits per heavy atom. The molecule has 0 amide bonds. The summed E-state index contributed by atoms with van der Waals surface area (Å²) in [5, 5.41) is 1.35. The lowest BCUT2D eigenvalue weighted by molar-refractivity contribution is 0.363. The molecule has 0 radical (unpaired) electrons. The third-order valence-electron chi connectivity index (χ3n) is 5.27. The molecule has 0 fully saturated rings. The predicted octanol–water partition coefficient (Wildman–Crippen LogP) is 5.72. The fourth-order valence-electron chi connectivity index (χ4n) is 3.96. The summed E-state index contributed by atoms with van der Waals surface area (Å²) in [4.78, 5) is 4.58. The van der Waals surface area contributed by atoms with E-state index in [0.717, 1.165) is 11.9 Å². The van der Waals surface area contributed by atoms with Gasteiger partial charge in [-0.05, 0) is 70.9 Å². The molecule has 4 rings (SSSR count). The smallest absolute Gasteiger partial charge is 0.0963 e. The second-order valence-corrected chi connectivity index (χ2v) is 8.80. The summed E-state index contributed by atoms with van der Waals surface area (Å²) in [6.45, 7) is 11.3. The minimum absolute atomic E-state index is 0.0613. The highest BCUT2D eigenvalue weighted by Crippen LogP contribution is 2.31. The third kappa shape index (κ3) is 2.72. The number of hydrogen-bond acceptors (Lipinski definition) is 1. The average molecular weight is 345 g/mol. The molecule has 0 bridgehead atoms. The molecule has 2 heterocycles. The van der Waals surface area contributed by atoms with Crippen molar-refractivity contribution in [3.8, 4) is 0 Å². The fraction of sp³-hybridized carbons (Fsp3) is 0.348. The minimum Gasteiger partial charge on any atom is -0.342 e. The van der Waals surface area contributed by atoms with E-state index in [0.29, 0.717) is 0 Å². The topological polar surface area (TPSA) is 22.8 Å². The van der Waals surface area contributed by atoms with E-state index in [2.05, 4.69) is 97.4 Å². The summed E-state index contributed by atoms with van der Waals surface area (Å²) in [5.74, 6) is 0. The quantitative estimate of drug-likeness (QED) is 0.465. The Morgan fingerprint density at radius 1 is 0.808 bits per heavy atom. The van der Waals surface area contributed by atoms with Crippen molar-refractivity contribution in [2.45, 2.75) is 52.1 Å². The monoisotopic (exact) mass is 345 g/mol. The highest BCUT2D eigenvalue weighted by Gasteiger charge is 2.24. The Morgan fingerprint density at radius 3 is 2.31 bits per heavy atom. The van der Waals surface area contributed by atoms with Gasteiger partial charge in [-0.3, -0.25) is 0 Å². The number of aromatic nitrogens is 3. The van der Waals surface area contributed by atoms with E-state index in [1.807, 2.05) is 12.4 Å². The molecule has 0 spiro atoms. The molecule has 2 aromatic carbocycles. The van der Waals surface area contributed by atoms with Crippen molar-refractivity contribution < 1.29 is 0 Å². The van der Waals surface area contributed by atoms with Crippen LogP contribution in [0.2, 0.25) is 0 Å². The molecule has 4 aromatic rings. The van der Waals surface area contributed by atoms with Crippen LogP contribution in [0, 0.1) is 0 Å². The SMILES string of the molecule is CC(C)(C)n1ccc2c(CC(C)(C)n3cnc4ccccc43)cccc21. The van der Waals surface area contributed by atoms with E-state index in [1.54, 1.807) is 0 Å². The standard InChI is InChI=1S/C23H27N3/c1-22(2,3)25-14-13-18-17(9-8-12-20(18)25)15-23(4,5)26-16-24-19-10-6-7-11-21(19)26/h6-14,16H,15H2,1-5H3. The predicted molar refractivity (Wildman–Crippen MR) is 110 cm³/mol. The maximum atomic E-state index is 4.58. The van der Waals surface area contributed by atoms with Crippen molar-refractivity contribution >= 4 is 21.9 Å². The molecule has 0 unspecified atom stereocenters. The highest BCUT2D eigenvalue weighted by atomic mass is 15.1. The number of para-hydroxylation sites is 2. The van der Waals surface area contributed by atoms with E-state index in [4.69, 9.17) is 0 Å². The van der Waals surface area contributed by atoms with Gasteiger partial charge in [-0.1, -0.05) is 24.3 Å². The van der Waals surface area contributed by atoms with Crippen LogP contribution in [0.4, 0.5) is 0 Å². The van der Waals surface area contributed by atoms with Crippen LogP contribution in [-0.2, 0) is 17.5 Å². The lowest BCUT2D eigenvalue weighted by Crippen LogP contribution is -2.28. The molecule has 0 atom stereocenters. The third-order valence-corrected chi connectivity index (χ3v) is 5.27. The van der Waals surface area contributed by atoms with Crippen LogP contribution in [0.1, 0.15) is 40.2 Å². The molecule has 134 valence electrons. The second-order valence-electron chi connectivity index (χ2n) is 8.80. The molecule has 0 aliphatic carbocycles. The molecule has 0 N–H and O–H groups in total. The number of benzene rings is 2. The number of rotatable bonds is 3. The molecular formula is C23H27N3. The molecular weight excluding hydrogens is 318 g/mol. The largest absolute Gasteiger partial charge is 0.342 e. The molecule has 0 saturated carbocycles. The first-order valence-corrected chi connectivity index (χ1v) is 9.29. The zero-order valence-corrected chi connectivity index (χ0v) is 16.3. The van der Waals surface area contributed by atoms with Crippen LogP contribution in [0.5, 0.6) is 0 Å². The Balaban J connectivity index is 1.78. The van der Waals surface area contributed by atoms with Gasteiger partial charge in [-0.15, -0.1) is 0 Å². The van der Waals surface area contributed by atoms with E-state index in [1.165, 1.54) is 22.0 Å². The summed E-state index contributed by atoms with van der Waals surface area (Å²) in [6.07, 6.45) is 5.15. The van der Waals surface area contributed by atoms with Gasteiger partial charge in [0.15, 0.2) is 0 Å². The highest BCUT2D eigenvalue weighted by molar-refractivity contribution is 5.84. The molecule has 2 aromatic heterocycles. The van der Waals surface area contributed by atoms with Gasteiger partial charge in [0.25, 0.3) is 0 Å². The summed E-state index contributed by atoms with van der Waals surface area (Å²) >= 11 is 0. The normalized spacial score (nSPS) is 13.0. The summed E-state index contributed by atoms with van der Waals surface area (Å²) < 4.78 is 4.67. The van der Waals surface area contributed by atoms with Gasteiger partial charge < -0.3 is 9.13 Å². The molecule has 0 saturated heterocycles. The fourth-order valence-corrected chi connectivity index (χ4v) is 3.96. The van der Waals surface area contributed by atoms with Gasteiger partial charge in [-0.2, -0.15) is 0 Å². The summed E-state index contributed by atoms with van der Waals surface area (Å²) in [7, 11) is 0. The van der Waals surface area contributed by atoms with Crippen molar-refractivity contribution in [3.05, 3.63) is 66.6 Å². The van der Waals surface area contributed by atoms with Gasteiger partial charge in [0, 0.05) is 28.2 Å².